The van der Waals surface area contributed by atoms with Gasteiger partial charge in [0, 0.05) is 24.5 Å². The highest BCUT2D eigenvalue weighted by molar-refractivity contribution is 9.09. The summed E-state index contributed by atoms with van der Waals surface area (Å²) in [4.78, 5) is 3.24. The topological polar surface area (TPSA) is 21.1 Å². The van der Waals surface area contributed by atoms with Gasteiger partial charge in [-0.25, -0.2) is 0 Å². The molecule has 2 unspecified atom stereocenters. The molecule has 2 rings (SSSR count). The maximum absolute atomic E-state index is 4.44. The van der Waals surface area contributed by atoms with Gasteiger partial charge in [-0.2, -0.15) is 5.10 Å². The van der Waals surface area contributed by atoms with Crippen LogP contribution in [-0.2, 0) is 13.6 Å². The first-order valence-corrected chi connectivity index (χ1v) is 7.85. The van der Waals surface area contributed by atoms with Gasteiger partial charge in [0.2, 0.25) is 0 Å². The molecule has 1 fully saturated rings. The van der Waals surface area contributed by atoms with Crippen LogP contribution in [0, 0.1) is 6.92 Å². The Balaban J connectivity index is 2.03. The summed E-state index contributed by atoms with van der Waals surface area (Å²) < 4.78 is 2.03. The van der Waals surface area contributed by atoms with E-state index in [1.54, 1.807) is 0 Å². The Bertz CT molecular complexity index is 386. The molecule has 0 amide bonds. The first kappa shape index (κ1) is 14.1. The highest BCUT2D eigenvalue weighted by atomic mass is 79.9. The zero-order valence-corrected chi connectivity index (χ0v) is 13.3. The molecule has 1 aliphatic rings. The first-order chi connectivity index (χ1) is 8.56. The third-order valence-corrected chi connectivity index (χ3v) is 4.18. The van der Waals surface area contributed by atoms with E-state index >= 15 is 0 Å². The standard InChI is InChI=1S/C14H24BrN3/c1-11(15)8-13-6-4-5-7-18(13)10-14-9-12(2)16-17(14)3/h9,11,13H,4-8,10H2,1-3H3. The number of hydrogen-bond donors (Lipinski definition) is 0. The molecule has 0 spiro atoms. The molecule has 2 heterocycles. The molecule has 0 N–H and O–H groups in total. The fraction of sp³-hybridized carbons (Fsp3) is 0.786. The molecular formula is C14H24BrN3. The highest BCUT2D eigenvalue weighted by Crippen LogP contribution is 2.24. The van der Waals surface area contributed by atoms with Crippen molar-refractivity contribution in [3.63, 3.8) is 0 Å². The third-order valence-electron chi connectivity index (χ3n) is 3.81. The monoisotopic (exact) mass is 313 g/mol. The number of rotatable bonds is 4. The summed E-state index contributed by atoms with van der Waals surface area (Å²) in [6, 6.07) is 2.94. The van der Waals surface area contributed by atoms with Crippen LogP contribution in [0.5, 0.6) is 0 Å². The van der Waals surface area contributed by atoms with E-state index in [4.69, 9.17) is 0 Å². The van der Waals surface area contributed by atoms with Crippen LogP contribution in [0.4, 0.5) is 0 Å². The van der Waals surface area contributed by atoms with E-state index < -0.39 is 0 Å². The quantitative estimate of drug-likeness (QED) is 0.796. The number of aromatic nitrogens is 2. The molecule has 4 heteroatoms. The van der Waals surface area contributed by atoms with Crippen molar-refractivity contribution in [2.75, 3.05) is 6.54 Å². The van der Waals surface area contributed by atoms with E-state index in [1.165, 1.54) is 37.9 Å². The van der Waals surface area contributed by atoms with Crippen molar-refractivity contribution >= 4 is 15.9 Å². The number of hydrogen-bond acceptors (Lipinski definition) is 2. The first-order valence-electron chi connectivity index (χ1n) is 6.94. The Labute approximate surface area is 119 Å². The summed E-state index contributed by atoms with van der Waals surface area (Å²) in [5.74, 6) is 0. The second kappa shape index (κ2) is 6.20. The summed E-state index contributed by atoms with van der Waals surface area (Å²) in [6.07, 6.45) is 5.30. The maximum atomic E-state index is 4.44. The van der Waals surface area contributed by atoms with Crippen molar-refractivity contribution < 1.29 is 0 Å². The highest BCUT2D eigenvalue weighted by Gasteiger charge is 2.24. The molecule has 0 bridgehead atoms. The van der Waals surface area contributed by atoms with Crippen LogP contribution in [0.3, 0.4) is 0 Å². The van der Waals surface area contributed by atoms with E-state index in [0.29, 0.717) is 4.83 Å². The fourth-order valence-corrected chi connectivity index (χ4v) is 3.36. The van der Waals surface area contributed by atoms with Gasteiger partial charge in [-0.3, -0.25) is 9.58 Å². The lowest BCUT2D eigenvalue weighted by Gasteiger charge is -2.36. The van der Waals surface area contributed by atoms with E-state index in [1.807, 2.05) is 11.7 Å². The van der Waals surface area contributed by atoms with Crippen LogP contribution < -0.4 is 0 Å². The van der Waals surface area contributed by atoms with Gasteiger partial charge in [-0.15, -0.1) is 0 Å². The lowest BCUT2D eigenvalue weighted by molar-refractivity contribution is 0.130. The molecule has 102 valence electrons. The average molecular weight is 314 g/mol. The molecular weight excluding hydrogens is 290 g/mol. The van der Waals surface area contributed by atoms with Gasteiger partial charge in [-0.05, 0) is 38.8 Å². The molecule has 1 aromatic rings. The van der Waals surface area contributed by atoms with Crippen LogP contribution in [0.15, 0.2) is 6.07 Å². The summed E-state index contributed by atoms with van der Waals surface area (Å²) in [6.45, 7) is 6.59. The number of piperidine rings is 1. The van der Waals surface area contributed by atoms with Gasteiger partial charge >= 0.3 is 0 Å². The molecule has 1 aromatic heterocycles. The van der Waals surface area contributed by atoms with Crippen LogP contribution in [0.1, 0.15) is 44.0 Å². The third kappa shape index (κ3) is 3.58. The predicted molar refractivity (Wildman–Crippen MR) is 79.0 cm³/mol. The summed E-state index contributed by atoms with van der Waals surface area (Å²) in [5.41, 5.74) is 2.46. The average Bonchev–Trinajstić information content (AvgIpc) is 2.59. The SMILES string of the molecule is Cc1cc(CN2CCCCC2CC(C)Br)n(C)n1. The maximum Gasteiger partial charge on any atom is 0.0597 e. The molecule has 2 atom stereocenters. The van der Waals surface area contributed by atoms with E-state index in [0.717, 1.165) is 18.3 Å². The van der Waals surface area contributed by atoms with Gasteiger partial charge in [0.1, 0.15) is 0 Å². The Morgan fingerprint density at radius 3 is 2.89 bits per heavy atom. The van der Waals surface area contributed by atoms with Crippen LogP contribution >= 0.6 is 15.9 Å². The smallest absolute Gasteiger partial charge is 0.0597 e. The molecule has 0 saturated carbocycles. The van der Waals surface area contributed by atoms with Crippen LogP contribution in [0.25, 0.3) is 0 Å². The molecule has 0 aromatic carbocycles. The number of alkyl halides is 1. The minimum atomic E-state index is 0.608. The summed E-state index contributed by atoms with van der Waals surface area (Å²) >= 11 is 3.70. The minimum Gasteiger partial charge on any atom is -0.295 e. The molecule has 18 heavy (non-hydrogen) atoms. The lowest BCUT2D eigenvalue weighted by Crippen LogP contribution is -2.40. The minimum absolute atomic E-state index is 0.608. The van der Waals surface area contributed by atoms with Gasteiger partial charge < -0.3 is 0 Å². The van der Waals surface area contributed by atoms with Crippen LogP contribution in [-0.4, -0.2) is 32.1 Å². The number of nitrogens with zero attached hydrogens (tertiary/aromatic N) is 3. The zero-order chi connectivity index (χ0) is 13.1. The summed E-state index contributed by atoms with van der Waals surface area (Å²) in [5, 5.41) is 4.44. The molecule has 1 aliphatic heterocycles. The van der Waals surface area contributed by atoms with Crippen molar-refractivity contribution in [2.45, 2.75) is 56.9 Å². The second-order valence-corrected chi connectivity index (χ2v) is 7.10. The van der Waals surface area contributed by atoms with Crippen molar-refractivity contribution in [2.24, 2.45) is 7.05 Å². The van der Waals surface area contributed by atoms with Gasteiger partial charge in [-0.1, -0.05) is 29.3 Å². The number of likely N-dealkylation sites (tertiary alicyclic amines) is 1. The van der Waals surface area contributed by atoms with Gasteiger partial charge in [0.05, 0.1) is 11.4 Å². The van der Waals surface area contributed by atoms with Crippen molar-refractivity contribution in [1.82, 2.24) is 14.7 Å². The Hall–Kier alpha value is -0.350. The largest absolute Gasteiger partial charge is 0.295 e. The number of halogens is 1. The van der Waals surface area contributed by atoms with E-state index in [9.17, 15) is 0 Å². The van der Waals surface area contributed by atoms with Crippen molar-refractivity contribution in [3.8, 4) is 0 Å². The molecule has 1 saturated heterocycles. The van der Waals surface area contributed by atoms with Gasteiger partial charge in [0.25, 0.3) is 0 Å². The second-order valence-electron chi connectivity index (χ2n) is 5.54. The zero-order valence-electron chi connectivity index (χ0n) is 11.7. The summed E-state index contributed by atoms with van der Waals surface area (Å²) in [7, 11) is 2.05. The van der Waals surface area contributed by atoms with E-state index in [-0.39, 0.29) is 0 Å². The predicted octanol–water partition coefficient (Wildman–Crippen LogP) is 3.26. The molecule has 0 radical (unpaired) electrons. The molecule has 0 aliphatic carbocycles. The molecule has 3 nitrogen and oxygen atoms in total. The Morgan fingerprint density at radius 1 is 1.50 bits per heavy atom. The van der Waals surface area contributed by atoms with E-state index in [2.05, 4.69) is 45.8 Å². The number of aryl methyl sites for hydroxylation is 2. The Morgan fingerprint density at radius 2 is 2.28 bits per heavy atom. The fourth-order valence-electron chi connectivity index (χ4n) is 2.93. The van der Waals surface area contributed by atoms with Crippen LogP contribution in [0.2, 0.25) is 0 Å². The van der Waals surface area contributed by atoms with Crippen molar-refractivity contribution in [1.29, 1.82) is 0 Å². The van der Waals surface area contributed by atoms with Crippen molar-refractivity contribution in [3.05, 3.63) is 17.5 Å². The normalized spacial score (nSPS) is 23.2. The Kier molecular flexibility index (Phi) is 4.84. The van der Waals surface area contributed by atoms with Gasteiger partial charge in [0.15, 0.2) is 0 Å². The lowest BCUT2D eigenvalue weighted by atomic mass is 9.98.